The van der Waals surface area contributed by atoms with Crippen molar-refractivity contribution in [2.75, 3.05) is 12.3 Å². The Morgan fingerprint density at radius 3 is 2.80 bits per heavy atom. The lowest BCUT2D eigenvalue weighted by atomic mass is 10.1. The Balaban J connectivity index is 1.65. The lowest BCUT2D eigenvalue weighted by Gasteiger charge is -2.01. The summed E-state index contributed by atoms with van der Waals surface area (Å²) in [6, 6.07) is 5.47. The van der Waals surface area contributed by atoms with Gasteiger partial charge < -0.3 is 14.9 Å². The van der Waals surface area contributed by atoms with Gasteiger partial charge in [-0.05, 0) is 24.6 Å². The molecule has 0 radical (unpaired) electrons. The summed E-state index contributed by atoms with van der Waals surface area (Å²) in [4.78, 5) is 4.36. The van der Waals surface area contributed by atoms with Crippen LogP contribution in [0.1, 0.15) is 51.3 Å². The molecule has 0 unspecified atom stereocenters. The minimum atomic E-state index is 0.434. The molecule has 1 heterocycles. The van der Waals surface area contributed by atoms with Gasteiger partial charge in [0.15, 0.2) is 5.58 Å². The average molecular weight is 276 g/mol. The van der Waals surface area contributed by atoms with Gasteiger partial charge in [-0.1, -0.05) is 39.0 Å². The third-order valence-corrected chi connectivity index (χ3v) is 3.32. The van der Waals surface area contributed by atoms with E-state index in [1.54, 1.807) is 0 Å². The molecule has 0 aliphatic carbocycles. The van der Waals surface area contributed by atoms with E-state index in [0.29, 0.717) is 18.2 Å². The van der Waals surface area contributed by atoms with Crippen LogP contribution in [0, 0.1) is 0 Å². The number of rotatable bonds is 9. The monoisotopic (exact) mass is 276 g/mol. The molecule has 0 aliphatic rings. The molecule has 4 nitrogen and oxygen atoms in total. The van der Waals surface area contributed by atoms with Gasteiger partial charge >= 0.3 is 0 Å². The van der Waals surface area contributed by atoms with Gasteiger partial charge in [-0.15, -0.1) is 0 Å². The van der Waals surface area contributed by atoms with Crippen molar-refractivity contribution in [3.63, 3.8) is 0 Å². The van der Waals surface area contributed by atoms with Crippen molar-refractivity contribution in [2.24, 2.45) is 0 Å². The molecule has 0 amide bonds. The number of anilines is 1. The second kappa shape index (κ2) is 7.90. The fourth-order valence-electron chi connectivity index (χ4n) is 2.20. The average Bonchev–Trinajstić information content (AvgIpc) is 2.83. The Bertz CT molecular complexity index is 522. The normalized spacial score (nSPS) is 11.2. The molecular formula is C16H24N2O2. The van der Waals surface area contributed by atoms with Crippen molar-refractivity contribution in [1.29, 1.82) is 0 Å². The van der Waals surface area contributed by atoms with E-state index in [4.69, 9.17) is 14.9 Å². The summed E-state index contributed by atoms with van der Waals surface area (Å²) in [6.45, 7) is 3.44. The van der Waals surface area contributed by atoms with E-state index >= 15 is 0 Å². The molecule has 20 heavy (non-hydrogen) atoms. The number of unbranched alkanes of at least 4 members (excludes halogenated alkanes) is 5. The third kappa shape index (κ3) is 4.53. The van der Waals surface area contributed by atoms with Crippen molar-refractivity contribution < 1.29 is 9.15 Å². The number of fused-ring (bicyclic) bond motifs is 1. The van der Waals surface area contributed by atoms with Gasteiger partial charge in [0.25, 0.3) is 0 Å². The topological polar surface area (TPSA) is 61.3 Å². The summed E-state index contributed by atoms with van der Waals surface area (Å²) in [5, 5.41) is 0. The first-order valence-electron chi connectivity index (χ1n) is 7.52. The predicted octanol–water partition coefficient (Wildman–Crippen LogP) is 4.29. The van der Waals surface area contributed by atoms with Crippen LogP contribution in [0.3, 0.4) is 0 Å². The zero-order chi connectivity index (χ0) is 14.2. The number of nitrogens with zero attached hydrogens (tertiary/aromatic N) is 1. The summed E-state index contributed by atoms with van der Waals surface area (Å²) >= 11 is 0. The van der Waals surface area contributed by atoms with Crippen LogP contribution in [0.5, 0.6) is 0 Å². The molecule has 2 rings (SSSR count). The van der Waals surface area contributed by atoms with Gasteiger partial charge in [0.1, 0.15) is 12.1 Å². The third-order valence-electron chi connectivity index (χ3n) is 3.32. The molecule has 0 spiro atoms. The molecular weight excluding hydrogens is 252 g/mol. The predicted molar refractivity (Wildman–Crippen MR) is 81.5 cm³/mol. The van der Waals surface area contributed by atoms with Crippen LogP contribution < -0.4 is 5.73 Å². The van der Waals surface area contributed by atoms with Gasteiger partial charge in [0.05, 0.1) is 0 Å². The minimum absolute atomic E-state index is 0.434. The number of hydrogen-bond donors (Lipinski definition) is 1. The largest absolute Gasteiger partial charge is 0.438 e. The Morgan fingerprint density at radius 2 is 1.95 bits per heavy atom. The second-order valence-corrected chi connectivity index (χ2v) is 5.16. The van der Waals surface area contributed by atoms with Crippen molar-refractivity contribution >= 4 is 16.8 Å². The molecule has 0 saturated carbocycles. The Hall–Kier alpha value is -1.55. The highest BCUT2D eigenvalue weighted by molar-refractivity contribution is 5.76. The van der Waals surface area contributed by atoms with Crippen molar-refractivity contribution in [1.82, 2.24) is 4.98 Å². The quantitative estimate of drug-likeness (QED) is 0.548. The van der Waals surface area contributed by atoms with Crippen LogP contribution >= 0.6 is 0 Å². The first-order chi connectivity index (χ1) is 9.79. The highest BCUT2D eigenvalue weighted by Gasteiger charge is 2.05. The van der Waals surface area contributed by atoms with E-state index < -0.39 is 0 Å². The Morgan fingerprint density at radius 1 is 1.15 bits per heavy atom. The van der Waals surface area contributed by atoms with Crippen LogP contribution in [0.4, 0.5) is 5.69 Å². The van der Waals surface area contributed by atoms with Gasteiger partial charge in [-0.3, -0.25) is 0 Å². The zero-order valence-electron chi connectivity index (χ0n) is 12.2. The van der Waals surface area contributed by atoms with Gasteiger partial charge in [-0.2, -0.15) is 0 Å². The van der Waals surface area contributed by atoms with Crippen molar-refractivity contribution in [3.8, 4) is 0 Å². The molecule has 0 atom stereocenters. The number of benzene rings is 1. The SMILES string of the molecule is CCCCCCCCOCc1nc2cc(N)ccc2o1. The number of nitrogen functional groups attached to an aromatic ring is 1. The Kier molecular flexibility index (Phi) is 5.87. The summed E-state index contributed by atoms with van der Waals surface area (Å²) in [6.07, 6.45) is 7.62. The molecule has 2 aromatic rings. The molecule has 0 saturated heterocycles. The van der Waals surface area contributed by atoms with E-state index in [2.05, 4.69) is 11.9 Å². The van der Waals surface area contributed by atoms with Crippen molar-refractivity contribution in [3.05, 3.63) is 24.1 Å². The zero-order valence-corrected chi connectivity index (χ0v) is 12.2. The van der Waals surface area contributed by atoms with Crippen LogP contribution in [-0.4, -0.2) is 11.6 Å². The molecule has 0 aliphatic heterocycles. The fourth-order valence-corrected chi connectivity index (χ4v) is 2.20. The molecule has 0 bridgehead atoms. The van der Waals surface area contributed by atoms with Gasteiger partial charge in [0.2, 0.25) is 5.89 Å². The van der Waals surface area contributed by atoms with Crippen LogP contribution in [-0.2, 0) is 11.3 Å². The standard InChI is InChI=1S/C16H24N2O2/c1-2-3-4-5-6-7-10-19-12-16-18-14-11-13(17)8-9-15(14)20-16/h8-9,11H,2-7,10,12,17H2,1H3. The first kappa shape index (κ1) is 14.9. The number of ether oxygens (including phenoxy) is 1. The molecule has 1 aromatic carbocycles. The molecule has 110 valence electrons. The van der Waals surface area contributed by atoms with E-state index in [0.717, 1.165) is 24.1 Å². The second-order valence-electron chi connectivity index (χ2n) is 5.16. The molecule has 2 N–H and O–H groups in total. The van der Waals surface area contributed by atoms with E-state index in [1.807, 2.05) is 18.2 Å². The highest BCUT2D eigenvalue weighted by atomic mass is 16.5. The van der Waals surface area contributed by atoms with E-state index in [9.17, 15) is 0 Å². The number of hydrogen-bond acceptors (Lipinski definition) is 4. The molecule has 4 heteroatoms. The highest BCUT2D eigenvalue weighted by Crippen LogP contribution is 2.18. The fraction of sp³-hybridized carbons (Fsp3) is 0.562. The lowest BCUT2D eigenvalue weighted by molar-refractivity contribution is 0.100. The maximum atomic E-state index is 5.71. The lowest BCUT2D eigenvalue weighted by Crippen LogP contribution is -1.95. The van der Waals surface area contributed by atoms with E-state index in [1.165, 1.54) is 32.1 Å². The number of aromatic nitrogens is 1. The molecule has 0 fully saturated rings. The number of oxazole rings is 1. The maximum Gasteiger partial charge on any atom is 0.221 e. The number of nitrogens with two attached hydrogens (primary N) is 1. The van der Waals surface area contributed by atoms with Crippen LogP contribution in [0.25, 0.3) is 11.1 Å². The van der Waals surface area contributed by atoms with Gasteiger partial charge in [-0.25, -0.2) is 4.98 Å². The van der Waals surface area contributed by atoms with Crippen LogP contribution in [0.15, 0.2) is 22.6 Å². The summed E-state index contributed by atoms with van der Waals surface area (Å²) in [7, 11) is 0. The summed E-state index contributed by atoms with van der Waals surface area (Å²) in [5.74, 6) is 0.622. The summed E-state index contributed by atoms with van der Waals surface area (Å²) < 4.78 is 11.2. The minimum Gasteiger partial charge on any atom is -0.438 e. The van der Waals surface area contributed by atoms with Crippen molar-refractivity contribution in [2.45, 2.75) is 52.1 Å². The maximum absolute atomic E-state index is 5.71. The Labute approximate surface area is 120 Å². The summed E-state index contributed by atoms with van der Waals surface area (Å²) in [5.41, 5.74) is 7.97. The van der Waals surface area contributed by atoms with E-state index in [-0.39, 0.29) is 0 Å². The van der Waals surface area contributed by atoms with Gasteiger partial charge in [0, 0.05) is 12.3 Å². The first-order valence-corrected chi connectivity index (χ1v) is 7.52. The smallest absolute Gasteiger partial charge is 0.221 e. The van der Waals surface area contributed by atoms with Crippen LogP contribution in [0.2, 0.25) is 0 Å². The molecule has 1 aromatic heterocycles.